The molecule has 0 unspecified atom stereocenters. The Morgan fingerprint density at radius 2 is 2.33 bits per heavy atom. The number of likely N-dealkylation sites (N-methyl/N-ethyl adjacent to an activating group) is 1. The molecule has 1 N–H and O–H groups in total. The van der Waals surface area contributed by atoms with Crippen LogP contribution in [-0.2, 0) is 0 Å². The van der Waals surface area contributed by atoms with E-state index in [-0.39, 0.29) is 11.9 Å². The topological polar surface area (TPSA) is 45.5 Å². The number of amides is 1. The number of hydrogen-bond donors (Lipinski definition) is 1. The van der Waals surface area contributed by atoms with Crippen LogP contribution in [0.3, 0.4) is 0 Å². The average molecular weight is 264 g/mol. The normalized spacial score (nSPS) is 12.6. The minimum Gasteiger partial charge on any atom is -0.459 e. The first-order valence-electron chi connectivity index (χ1n) is 5.68. The highest BCUT2D eigenvalue weighted by Gasteiger charge is 2.16. The second kappa shape index (κ2) is 5.84. The minimum absolute atomic E-state index is 0.176. The minimum atomic E-state index is -0.179. The summed E-state index contributed by atoms with van der Waals surface area (Å²) < 4.78 is 5.06. The third-order valence-electron chi connectivity index (χ3n) is 2.75. The van der Waals surface area contributed by atoms with Crippen LogP contribution in [0.5, 0.6) is 0 Å². The molecular weight excluding hydrogens is 248 g/mol. The van der Waals surface area contributed by atoms with Crippen LogP contribution in [0.15, 0.2) is 39.6 Å². The summed E-state index contributed by atoms with van der Waals surface area (Å²) in [6, 6.07) is 5.62. The van der Waals surface area contributed by atoms with Gasteiger partial charge in [-0.2, -0.15) is 11.3 Å². The molecule has 1 atom stereocenters. The second-order valence-electron chi connectivity index (χ2n) is 4.22. The van der Waals surface area contributed by atoms with E-state index >= 15 is 0 Å². The second-order valence-corrected chi connectivity index (χ2v) is 5.00. The number of furan rings is 1. The zero-order valence-corrected chi connectivity index (χ0v) is 11.2. The lowest BCUT2D eigenvalue weighted by Gasteiger charge is -2.23. The van der Waals surface area contributed by atoms with Gasteiger partial charge in [0.1, 0.15) is 0 Å². The Bertz CT molecular complexity index is 477. The molecule has 0 spiro atoms. The quantitative estimate of drug-likeness (QED) is 0.901. The maximum atomic E-state index is 11.8. The molecule has 0 saturated heterocycles. The fourth-order valence-corrected chi connectivity index (χ4v) is 2.45. The lowest BCUT2D eigenvalue weighted by Crippen LogP contribution is -2.34. The Hall–Kier alpha value is -1.59. The van der Waals surface area contributed by atoms with Gasteiger partial charge in [0.2, 0.25) is 0 Å². The summed E-state index contributed by atoms with van der Waals surface area (Å²) in [7, 11) is 4.00. The molecule has 0 fully saturated rings. The molecule has 5 heteroatoms. The van der Waals surface area contributed by atoms with Crippen LogP contribution in [0.2, 0.25) is 0 Å². The lowest BCUT2D eigenvalue weighted by atomic mass is 10.1. The van der Waals surface area contributed by atoms with Crippen LogP contribution >= 0.6 is 11.3 Å². The summed E-state index contributed by atoms with van der Waals surface area (Å²) in [4.78, 5) is 13.9. The Balaban J connectivity index is 1.97. The van der Waals surface area contributed by atoms with E-state index in [9.17, 15) is 4.79 Å². The van der Waals surface area contributed by atoms with Crippen molar-refractivity contribution in [1.29, 1.82) is 0 Å². The molecule has 2 aromatic rings. The highest BCUT2D eigenvalue weighted by Crippen LogP contribution is 2.20. The number of rotatable bonds is 5. The molecule has 0 aliphatic heterocycles. The molecule has 0 aliphatic carbocycles. The van der Waals surface area contributed by atoms with E-state index in [0.717, 1.165) is 0 Å². The predicted molar refractivity (Wildman–Crippen MR) is 71.8 cm³/mol. The zero-order chi connectivity index (χ0) is 13.0. The molecule has 0 aliphatic rings. The predicted octanol–water partition coefficient (Wildman–Crippen LogP) is 2.37. The first kappa shape index (κ1) is 12.9. The standard InChI is InChI=1S/C13H16N2O2S/c1-15(2)11(10-5-7-18-9-10)8-14-13(16)12-4-3-6-17-12/h3-7,9,11H,8H2,1-2H3,(H,14,16)/t11-/m0/s1. The van der Waals surface area contributed by atoms with Gasteiger partial charge in [0.05, 0.1) is 12.3 Å². The van der Waals surface area contributed by atoms with Crippen LogP contribution < -0.4 is 5.32 Å². The van der Waals surface area contributed by atoms with E-state index in [4.69, 9.17) is 4.42 Å². The van der Waals surface area contributed by atoms with Crippen LogP contribution in [0.4, 0.5) is 0 Å². The highest BCUT2D eigenvalue weighted by molar-refractivity contribution is 7.07. The number of hydrogen-bond acceptors (Lipinski definition) is 4. The number of carbonyl (C=O) groups is 1. The summed E-state index contributed by atoms with van der Waals surface area (Å²) in [6.45, 7) is 0.559. The number of nitrogens with zero attached hydrogens (tertiary/aromatic N) is 1. The van der Waals surface area contributed by atoms with Crippen LogP contribution in [0.25, 0.3) is 0 Å². The van der Waals surface area contributed by atoms with Gasteiger partial charge in [0.25, 0.3) is 5.91 Å². The zero-order valence-electron chi connectivity index (χ0n) is 10.4. The number of thiophene rings is 1. The summed E-state index contributed by atoms with van der Waals surface area (Å²) in [5.74, 6) is 0.167. The van der Waals surface area contributed by atoms with E-state index in [1.807, 2.05) is 19.5 Å². The van der Waals surface area contributed by atoms with Crippen molar-refractivity contribution in [2.24, 2.45) is 0 Å². The Kier molecular flexibility index (Phi) is 4.17. The molecule has 4 nitrogen and oxygen atoms in total. The molecule has 0 saturated carbocycles. The largest absolute Gasteiger partial charge is 0.459 e. The molecule has 1 amide bonds. The van der Waals surface area contributed by atoms with Gasteiger partial charge in [-0.15, -0.1) is 0 Å². The van der Waals surface area contributed by atoms with Crippen LogP contribution in [0.1, 0.15) is 22.2 Å². The van der Waals surface area contributed by atoms with Crippen molar-refractivity contribution in [1.82, 2.24) is 10.2 Å². The average Bonchev–Trinajstić information content (AvgIpc) is 3.01. The third kappa shape index (κ3) is 3.00. The molecule has 2 rings (SSSR count). The SMILES string of the molecule is CN(C)[C@@H](CNC(=O)c1ccco1)c1ccsc1. The maximum Gasteiger partial charge on any atom is 0.287 e. The monoisotopic (exact) mass is 264 g/mol. The summed E-state index contributed by atoms with van der Waals surface area (Å²) in [5.41, 5.74) is 1.21. The number of nitrogens with one attached hydrogen (secondary N) is 1. The molecule has 18 heavy (non-hydrogen) atoms. The molecular formula is C13H16N2O2S. The van der Waals surface area contributed by atoms with Crippen molar-refractivity contribution >= 4 is 17.2 Å². The molecule has 2 heterocycles. The first-order valence-corrected chi connectivity index (χ1v) is 6.63. The Morgan fingerprint density at radius 3 is 2.89 bits per heavy atom. The van der Waals surface area contributed by atoms with E-state index in [0.29, 0.717) is 12.3 Å². The van der Waals surface area contributed by atoms with Crippen molar-refractivity contribution in [2.75, 3.05) is 20.6 Å². The summed E-state index contributed by atoms with van der Waals surface area (Å²) in [5, 5.41) is 7.03. The van der Waals surface area contributed by atoms with Gasteiger partial charge in [-0.25, -0.2) is 0 Å². The van der Waals surface area contributed by atoms with E-state index < -0.39 is 0 Å². The van der Waals surface area contributed by atoms with Gasteiger partial charge in [0.15, 0.2) is 5.76 Å². The smallest absolute Gasteiger partial charge is 0.287 e. The molecule has 0 radical (unpaired) electrons. The molecule has 0 aromatic carbocycles. The van der Waals surface area contributed by atoms with Gasteiger partial charge in [-0.1, -0.05) is 0 Å². The van der Waals surface area contributed by atoms with Crippen LogP contribution in [0, 0.1) is 0 Å². The van der Waals surface area contributed by atoms with E-state index in [1.165, 1.54) is 11.8 Å². The summed E-state index contributed by atoms with van der Waals surface area (Å²) >= 11 is 1.66. The summed E-state index contributed by atoms with van der Waals surface area (Å²) in [6.07, 6.45) is 1.50. The van der Waals surface area contributed by atoms with Crippen molar-refractivity contribution in [3.8, 4) is 0 Å². The highest BCUT2D eigenvalue weighted by atomic mass is 32.1. The van der Waals surface area contributed by atoms with Crippen molar-refractivity contribution in [3.63, 3.8) is 0 Å². The van der Waals surface area contributed by atoms with E-state index in [2.05, 4.69) is 21.7 Å². The lowest BCUT2D eigenvalue weighted by molar-refractivity contribution is 0.0914. The van der Waals surface area contributed by atoms with Crippen molar-refractivity contribution in [3.05, 3.63) is 46.5 Å². The van der Waals surface area contributed by atoms with Crippen molar-refractivity contribution < 1.29 is 9.21 Å². The van der Waals surface area contributed by atoms with Gasteiger partial charge < -0.3 is 14.6 Å². The maximum absolute atomic E-state index is 11.8. The molecule has 0 bridgehead atoms. The Morgan fingerprint density at radius 1 is 1.50 bits per heavy atom. The van der Waals surface area contributed by atoms with Gasteiger partial charge >= 0.3 is 0 Å². The van der Waals surface area contributed by atoms with Gasteiger partial charge in [0, 0.05) is 6.54 Å². The van der Waals surface area contributed by atoms with Crippen LogP contribution in [-0.4, -0.2) is 31.4 Å². The third-order valence-corrected chi connectivity index (χ3v) is 3.45. The molecule has 96 valence electrons. The fraction of sp³-hybridized carbons (Fsp3) is 0.308. The molecule has 2 aromatic heterocycles. The fourth-order valence-electron chi connectivity index (χ4n) is 1.75. The van der Waals surface area contributed by atoms with Crippen molar-refractivity contribution in [2.45, 2.75) is 6.04 Å². The first-order chi connectivity index (χ1) is 8.68. The Labute approximate surface area is 110 Å². The van der Waals surface area contributed by atoms with Gasteiger partial charge in [-0.3, -0.25) is 4.79 Å². The number of carbonyl (C=O) groups excluding carboxylic acids is 1. The van der Waals surface area contributed by atoms with E-state index in [1.54, 1.807) is 23.5 Å². The van der Waals surface area contributed by atoms with Gasteiger partial charge in [-0.05, 0) is 48.6 Å².